The van der Waals surface area contributed by atoms with Crippen LogP contribution >= 0.6 is 0 Å². The molecule has 4 aliphatic carbocycles. The SMILES string of the molecule is OC1CC(CNC2CC3CC2C2CCCC32)C1. The van der Waals surface area contributed by atoms with Gasteiger partial charge in [-0.25, -0.2) is 0 Å². The third-order valence-electron chi connectivity index (χ3n) is 6.31. The Hall–Kier alpha value is -0.0800. The Bertz CT molecular complexity index is 299. The van der Waals surface area contributed by atoms with Crippen molar-refractivity contribution in [2.45, 2.75) is 57.1 Å². The summed E-state index contributed by atoms with van der Waals surface area (Å²) >= 11 is 0. The minimum atomic E-state index is 0.0149. The van der Waals surface area contributed by atoms with Crippen LogP contribution in [0.4, 0.5) is 0 Å². The number of aliphatic hydroxyl groups excluding tert-OH is 1. The van der Waals surface area contributed by atoms with Crippen LogP contribution in [-0.2, 0) is 0 Å². The van der Waals surface area contributed by atoms with Gasteiger partial charge in [0.05, 0.1) is 6.10 Å². The summed E-state index contributed by atoms with van der Waals surface area (Å²) in [6, 6.07) is 0.831. The Morgan fingerprint density at radius 1 is 0.941 bits per heavy atom. The number of aliphatic hydroxyl groups is 1. The maximum atomic E-state index is 9.31. The normalized spacial score (nSPS) is 55.9. The number of fused-ring (bicyclic) bond motifs is 5. The first-order valence-electron chi connectivity index (χ1n) is 7.72. The van der Waals surface area contributed by atoms with Crippen molar-refractivity contribution >= 4 is 0 Å². The van der Waals surface area contributed by atoms with E-state index in [0.29, 0.717) is 0 Å². The smallest absolute Gasteiger partial charge is 0.0546 e. The fourth-order valence-corrected chi connectivity index (χ4v) is 5.49. The summed E-state index contributed by atoms with van der Waals surface area (Å²) in [4.78, 5) is 0. The molecule has 0 radical (unpaired) electrons. The molecule has 4 aliphatic rings. The monoisotopic (exact) mass is 235 g/mol. The molecule has 2 bridgehead atoms. The summed E-state index contributed by atoms with van der Waals surface area (Å²) in [7, 11) is 0. The van der Waals surface area contributed by atoms with Gasteiger partial charge in [0.1, 0.15) is 0 Å². The van der Waals surface area contributed by atoms with Crippen molar-refractivity contribution in [3.63, 3.8) is 0 Å². The molecule has 0 heterocycles. The summed E-state index contributed by atoms with van der Waals surface area (Å²) in [5.74, 6) is 5.04. The van der Waals surface area contributed by atoms with E-state index >= 15 is 0 Å². The van der Waals surface area contributed by atoms with Crippen LogP contribution in [0.15, 0.2) is 0 Å². The Kier molecular flexibility index (Phi) is 2.52. The zero-order chi connectivity index (χ0) is 11.4. The second kappa shape index (κ2) is 3.96. The largest absolute Gasteiger partial charge is 0.393 e. The molecule has 0 saturated heterocycles. The van der Waals surface area contributed by atoms with Gasteiger partial charge in [0, 0.05) is 6.04 Å². The Balaban J connectivity index is 1.32. The van der Waals surface area contributed by atoms with Crippen LogP contribution in [0.25, 0.3) is 0 Å². The van der Waals surface area contributed by atoms with E-state index in [1.165, 1.54) is 38.6 Å². The molecule has 2 nitrogen and oxygen atoms in total. The molecule has 5 atom stereocenters. The number of hydrogen-bond acceptors (Lipinski definition) is 2. The lowest BCUT2D eigenvalue weighted by Crippen LogP contribution is -2.44. The molecule has 0 aromatic rings. The molecule has 0 amide bonds. The lowest BCUT2D eigenvalue weighted by Gasteiger charge is -2.36. The van der Waals surface area contributed by atoms with Crippen molar-refractivity contribution in [2.75, 3.05) is 6.54 Å². The zero-order valence-corrected chi connectivity index (χ0v) is 10.6. The number of nitrogens with one attached hydrogen (secondary N) is 1. The first-order valence-corrected chi connectivity index (χ1v) is 7.72. The van der Waals surface area contributed by atoms with Gasteiger partial charge in [0.15, 0.2) is 0 Å². The Morgan fingerprint density at radius 2 is 1.76 bits per heavy atom. The van der Waals surface area contributed by atoms with Crippen molar-refractivity contribution in [3.05, 3.63) is 0 Å². The van der Waals surface area contributed by atoms with E-state index in [1.807, 2.05) is 0 Å². The highest BCUT2D eigenvalue weighted by Crippen LogP contribution is 2.58. The fraction of sp³-hybridized carbons (Fsp3) is 1.00. The topological polar surface area (TPSA) is 32.3 Å². The molecule has 0 spiro atoms. The van der Waals surface area contributed by atoms with E-state index in [-0.39, 0.29) is 6.10 Å². The molecule has 4 rings (SSSR count). The second-order valence-corrected chi connectivity index (χ2v) is 7.16. The molecule has 96 valence electrons. The predicted octanol–water partition coefficient (Wildman–Crippen LogP) is 2.17. The predicted molar refractivity (Wildman–Crippen MR) is 67.6 cm³/mol. The van der Waals surface area contributed by atoms with Gasteiger partial charge >= 0.3 is 0 Å². The van der Waals surface area contributed by atoms with Crippen LogP contribution in [0.2, 0.25) is 0 Å². The van der Waals surface area contributed by atoms with E-state index in [2.05, 4.69) is 5.32 Å². The van der Waals surface area contributed by atoms with E-state index in [0.717, 1.165) is 48.5 Å². The van der Waals surface area contributed by atoms with Gasteiger partial charge in [-0.15, -0.1) is 0 Å². The minimum Gasteiger partial charge on any atom is -0.393 e. The average molecular weight is 235 g/mol. The van der Waals surface area contributed by atoms with Gasteiger partial charge in [0.2, 0.25) is 0 Å². The molecule has 2 N–H and O–H groups in total. The molecule has 4 fully saturated rings. The van der Waals surface area contributed by atoms with Crippen molar-refractivity contribution in [2.24, 2.45) is 29.6 Å². The van der Waals surface area contributed by atoms with Crippen LogP contribution < -0.4 is 5.32 Å². The van der Waals surface area contributed by atoms with Gasteiger partial charge in [-0.05, 0) is 74.7 Å². The fourth-order valence-electron chi connectivity index (χ4n) is 5.49. The van der Waals surface area contributed by atoms with Crippen molar-refractivity contribution in [1.82, 2.24) is 5.32 Å². The molecule has 0 aliphatic heterocycles. The first kappa shape index (κ1) is 10.8. The van der Waals surface area contributed by atoms with Gasteiger partial charge < -0.3 is 10.4 Å². The maximum Gasteiger partial charge on any atom is 0.0546 e. The second-order valence-electron chi connectivity index (χ2n) is 7.16. The average Bonchev–Trinajstić information content (AvgIpc) is 2.93. The number of hydrogen-bond donors (Lipinski definition) is 2. The van der Waals surface area contributed by atoms with Gasteiger partial charge in [0.25, 0.3) is 0 Å². The quantitative estimate of drug-likeness (QED) is 0.786. The highest BCUT2D eigenvalue weighted by molar-refractivity contribution is 5.05. The van der Waals surface area contributed by atoms with Crippen LogP contribution in [0, 0.1) is 29.6 Å². The first-order chi connectivity index (χ1) is 8.31. The summed E-state index contributed by atoms with van der Waals surface area (Å²) in [6.45, 7) is 1.17. The van der Waals surface area contributed by atoms with E-state index in [9.17, 15) is 5.11 Å². The molecule has 0 aromatic carbocycles. The van der Waals surface area contributed by atoms with Gasteiger partial charge in [-0.2, -0.15) is 0 Å². The highest BCUT2D eigenvalue weighted by atomic mass is 16.3. The summed E-state index contributed by atoms with van der Waals surface area (Å²) in [6.07, 6.45) is 9.64. The third kappa shape index (κ3) is 1.67. The van der Waals surface area contributed by atoms with E-state index in [4.69, 9.17) is 0 Å². The molecular weight excluding hydrogens is 210 g/mol. The van der Waals surface area contributed by atoms with Gasteiger partial charge in [-0.3, -0.25) is 0 Å². The summed E-state index contributed by atoms with van der Waals surface area (Å²) in [5.41, 5.74) is 0. The molecular formula is C15H25NO. The Labute approximate surface area is 104 Å². The molecule has 2 heteroatoms. The molecule has 4 saturated carbocycles. The van der Waals surface area contributed by atoms with Crippen molar-refractivity contribution in [1.29, 1.82) is 0 Å². The van der Waals surface area contributed by atoms with Crippen LogP contribution in [0.1, 0.15) is 44.9 Å². The number of rotatable bonds is 3. The maximum absolute atomic E-state index is 9.31. The van der Waals surface area contributed by atoms with Gasteiger partial charge in [-0.1, -0.05) is 6.42 Å². The lowest BCUT2D eigenvalue weighted by molar-refractivity contribution is 0.0398. The van der Waals surface area contributed by atoms with Crippen molar-refractivity contribution < 1.29 is 5.11 Å². The van der Waals surface area contributed by atoms with E-state index in [1.54, 1.807) is 0 Å². The van der Waals surface area contributed by atoms with Crippen LogP contribution in [-0.4, -0.2) is 23.8 Å². The summed E-state index contributed by atoms with van der Waals surface area (Å²) < 4.78 is 0. The zero-order valence-electron chi connectivity index (χ0n) is 10.6. The minimum absolute atomic E-state index is 0.0149. The van der Waals surface area contributed by atoms with E-state index < -0.39 is 0 Å². The molecule has 5 unspecified atom stereocenters. The van der Waals surface area contributed by atoms with Crippen LogP contribution in [0.5, 0.6) is 0 Å². The Morgan fingerprint density at radius 3 is 2.59 bits per heavy atom. The third-order valence-corrected chi connectivity index (χ3v) is 6.31. The van der Waals surface area contributed by atoms with Crippen molar-refractivity contribution in [3.8, 4) is 0 Å². The molecule has 17 heavy (non-hydrogen) atoms. The molecule has 0 aromatic heterocycles. The summed E-state index contributed by atoms with van der Waals surface area (Å²) in [5, 5.41) is 13.1. The lowest BCUT2D eigenvalue weighted by atomic mass is 9.78. The standard InChI is InChI=1S/C15H25NO/c17-11-4-9(5-11)8-16-15-7-10-6-14(15)13-3-1-2-12(10)13/h9-17H,1-8H2. The highest BCUT2D eigenvalue weighted by Gasteiger charge is 2.53. The van der Waals surface area contributed by atoms with Crippen LogP contribution in [0.3, 0.4) is 0 Å².